The smallest absolute Gasteiger partial charge is 0.380 e. The van der Waals surface area contributed by atoms with Crippen molar-refractivity contribution in [1.82, 2.24) is 0 Å². The zero-order valence-electron chi connectivity index (χ0n) is 13.4. The van der Waals surface area contributed by atoms with Crippen LogP contribution in [0.15, 0.2) is 40.8 Å². The number of methoxy groups -OCH3 is 2. The van der Waals surface area contributed by atoms with Gasteiger partial charge in [0.15, 0.2) is 17.1 Å². The van der Waals surface area contributed by atoms with Gasteiger partial charge >= 0.3 is 5.97 Å². The van der Waals surface area contributed by atoms with Gasteiger partial charge in [-0.2, -0.15) is 0 Å². The Balaban J connectivity index is 2.03. The molecular weight excluding hydrogens is 332 g/mol. The van der Waals surface area contributed by atoms with Gasteiger partial charge in [0.25, 0.3) is 0 Å². The molecule has 0 aliphatic heterocycles. The largest absolute Gasteiger partial charge is 0.493 e. The minimum absolute atomic E-state index is 0.0889. The number of aryl methyl sites for hydroxylation is 1. The van der Waals surface area contributed by atoms with Crippen LogP contribution in [0.2, 0.25) is 5.02 Å². The molecule has 0 bridgehead atoms. The second kappa shape index (κ2) is 6.45. The maximum Gasteiger partial charge on any atom is 0.380 e. The van der Waals surface area contributed by atoms with Crippen LogP contribution < -0.4 is 14.2 Å². The summed E-state index contributed by atoms with van der Waals surface area (Å²) in [7, 11) is 2.97. The number of ether oxygens (including phenoxy) is 3. The third-order valence-corrected chi connectivity index (χ3v) is 3.98. The van der Waals surface area contributed by atoms with E-state index < -0.39 is 5.97 Å². The van der Waals surface area contributed by atoms with Gasteiger partial charge in [-0.15, -0.1) is 0 Å². The summed E-state index contributed by atoms with van der Waals surface area (Å²) in [5.41, 5.74) is 1.11. The molecule has 1 aromatic heterocycles. The summed E-state index contributed by atoms with van der Waals surface area (Å²) < 4.78 is 21.5. The van der Waals surface area contributed by atoms with Gasteiger partial charge in [-0.25, -0.2) is 4.79 Å². The van der Waals surface area contributed by atoms with Gasteiger partial charge in [0, 0.05) is 10.9 Å². The van der Waals surface area contributed by atoms with Crippen molar-refractivity contribution < 1.29 is 23.4 Å². The molecule has 0 saturated carbocycles. The predicted octanol–water partition coefficient (Wildman–Crippen LogP) is 4.63. The second-order valence-corrected chi connectivity index (χ2v) is 5.46. The lowest BCUT2D eigenvalue weighted by Crippen LogP contribution is -2.10. The zero-order chi connectivity index (χ0) is 17.3. The van der Waals surface area contributed by atoms with Crippen LogP contribution in [0.4, 0.5) is 0 Å². The molecule has 0 aliphatic rings. The molecule has 0 aliphatic carbocycles. The normalized spacial score (nSPS) is 10.7. The van der Waals surface area contributed by atoms with Gasteiger partial charge in [0.2, 0.25) is 11.5 Å². The maximum atomic E-state index is 12.6. The van der Waals surface area contributed by atoms with Crippen LogP contribution in [0.25, 0.3) is 11.0 Å². The van der Waals surface area contributed by atoms with E-state index >= 15 is 0 Å². The monoisotopic (exact) mass is 346 g/mol. The minimum Gasteiger partial charge on any atom is -0.493 e. The van der Waals surface area contributed by atoms with E-state index in [-0.39, 0.29) is 11.5 Å². The zero-order valence-corrected chi connectivity index (χ0v) is 14.1. The van der Waals surface area contributed by atoms with E-state index in [4.69, 9.17) is 30.2 Å². The van der Waals surface area contributed by atoms with E-state index in [9.17, 15) is 4.79 Å². The Morgan fingerprint density at radius 1 is 1.04 bits per heavy atom. The molecule has 0 atom stereocenters. The average Bonchev–Trinajstić information content (AvgIpc) is 2.93. The molecule has 124 valence electrons. The van der Waals surface area contributed by atoms with Crippen molar-refractivity contribution in [3.63, 3.8) is 0 Å². The quantitative estimate of drug-likeness (QED) is 0.509. The molecule has 5 nitrogen and oxygen atoms in total. The highest BCUT2D eigenvalue weighted by atomic mass is 35.5. The molecule has 3 rings (SSSR count). The molecule has 0 radical (unpaired) electrons. The molecule has 24 heavy (non-hydrogen) atoms. The van der Waals surface area contributed by atoms with E-state index in [0.717, 1.165) is 5.39 Å². The summed E-state index contributed by atoms with van der Waals surface area (Å²) in [5.74, 6) is 0.399. The number of carbonyl (C=O) groups is 1. The van der Waals surface area contributed by atoms with Crippen LogP contribution in [-0.4, -0.2) is 20.2 Å². The lowest BCUT2D eigenvalue weighted by atomic mass is 10.1. The Bertz CT molecular complexity index is 891. The average molecular weight is 347 g/mol. The molecule has 0 spiro atoms. The number of hydrogen-bond donors (Lipinski definition) is 0. The number of carbonyl (C=O) groups excluding carboxylic acids is 1. The Kier molecular flexibility index (Phi) is 4.36. The van der Waals surface area contributed by atoms with E-state index in [0.29, 0.717) is 27.7 Å². The van der Waals surface area contributed by atoms with Crippen molar-refractivity contribution in [3.05, 3.63) is 52.7 Å². The third-order valence-electron chi connectivity index (χ3n) is 3.68. The summed E-state index contributed by atoms with van der Waals surface area (Å²) in [6.45, 7) is 1.78. The molecule has 1 heterocycles. The van der Waals surface area contributed by atoms with Crippen molar-refractivity contribution >= 4 is 28.5 Å². The van der Waals surface area contributed by atoms with Gasteiger partial charge in [0.1, 0.15) is 0 Å². The number of halogens is 1. The first kappa shape index (κ1) is 16.2. The number of benzene rings is 2. The van der Waals surface area contributed by atoms with Crippen LogP contribution in [0, 0.1) is 6.92 Å². The fraction of sp³-hybridized carbons (Fsp3) is 0.167. The van der Waals surface area contributed by atoms with E-state index in [2.05, 4.69) is 0 Å². The first-order chi connectivity index (χ1) is 11.6. The number of esters is 1. The molecule has 6 heteroatoms. The highest BCUT2D eigenvalue weighted by Crippen LogP contribution is 2.38. The van der Waals surface area contributed by atoms with Gasteiger partial charge in [0.05, 0.1) is 19.2 Å². The van der Waals surface area contributed by atoms with E-state index in [1.54, 1.807) is 37.3 Å². The first-order valence-corrected chi connectivity index (χ1v) is 7.55. The molecule has 0 saturated heterocycles. The molecule has 0 fully saturated rings. The second-order valence-electron chi connectivity index (χ2n) is 5.05. The number of fused-ring (bicyclic) bond motifs is 1. The van der Waals surface area contributed by atoms with Crippen molar-refractivity contribution in [3.8, 4) is 17.2 Å². The number of rotatable bonds is 4. The van der Waals surface area contributed by atoms with Crippen LogP contribution in [0.1, 0.15) is 16.1 Å². The van der Waals surface area contributed by atoms with Crippen molar-refractivity contribution in [2.75, 3.05) is 14.2 Å². The molecule has 0 unspecified atom stereocenters. The topological polar surface area (TPSA) is 57.9 Å². The van der Waals surface area contributed by atoms with Crippen LogP contribution >= 0.6 is 11.6 Å². The third kappa shape index (κ3) is 2.67. The molecule has 2 aromatic carbocycles. The Morgan fingerprint density at radius 2 is 1.67 bits per heavy atom. The number of furan rings is 1. The number of para-hydroxylation sites is 2. The van der Waals surface area contributed by atoms with E-state index in [1.165, 1.54) is 14.2 Å². The lowest BCUT2D eigenvalue weighted by Gasteiger charge is -2.12. The maximum absolute atomic E-state index is 12.6. The lowest BCUT2D eigenvalue weighted by molar-refractivity contribution is 0.0692. The van der Waals surface area contributed by atoms with Crippen molar-refractivity contribution in [1.29, 1.82) is 0 Å². The summed E-state index contributed by atoms with van der Waals surface area (Å²) >= 11 is 6.12. The van der Waals surface area contributed by atoms with Gasteiger partial charge < -0.3 is 18.6 Å². The van der Waals surface area contributed by atoms with Crippen molar-refractivity contribution in [2.24, 2.45) is 0 Å². The molecular formula is C18H15ClO5. The van der Waals surface area contributed by atoms with Crippen LogP contribution in [0.3, 0.4) is 0 Å². The predicted molar refractivity (Wildman–Crippen MR) is 90.5 cm³/mol. The fourth-order valence-corrected chi connectivity index (χ4v) is 2.67. The summed E-state index contributed by atoms with van der Waals surface area (Å²) in [4.78, 5) is 12.6. The number of hydrogen-bond acceptors (Lipinski definition) is 5. The van der Waals surface area contributed by atoms with Gasteiger partial charge in [-0.1, -0.05) is 29.8 Å². The molecule has 0 amide bonds. The Hall–Kier alpha value is -2.66. The van der Waals surface area contributed by atoms with Crippen LogP contribution in [0.5, 0.6) is 17.2 Å². The Labute approximate surface area is 143 Å². The SMILES string of the molecule is COc1cccc(OC)c1OC(=O)c1oc2c(Cl)cccc2c1C. The standard InChI is InChI=1S/C18H15ClO5/c1-10-11-6-4-7-12(19)16(11)23-15(10)18(20)24-17-13(21-2)8-5-9-14(17)22-3/h4-9H,1-3H3. The van der Waals surface area contributed by atoms with Gasteiger partial charge in [-0.3, -0.25) is 0 Å². The summed E-state index contributed by atoms with van der Waals surface area (Å²) in [5, 5.41) is 1.20. The molecule has 3 aromatic rings. The summed E-state index contributed by atoms with van der Waals surface area (Å²) in [6.07, 6.45) is 0. The highest BCUT2D eigenvalue weighted by molar-refractivity contribution is 6.35. The van der Waals surface area contributed by atoms with Gasteiger partial charge in [-0.05, 0) is 25.1 Å². The van der Waals surface area contributed by atoms with Crippen LogP contribution in [-0.2, 0) is 0 Å². The highest BCUT2D eigenvalue weighted by Gasteiger charge is 2.23. The van der Waals surface area contributed by atoms with Crippen molar-refractivity contribution in [2.45, 2.75) is 6.92 Å². The Morgan fingerprint density at radius 3 is 2.25 bits per heavy atom. The minimum atomic E-state index is -0.650. The fourth-order valence-electron chi connectivity index (χ4n) is 2.46. The van der Waals surface area contributed by atoms with E-state index in [1.807, 2.05) is 6.07 Å². The molecule has 0 N–H and O–H groups in total. The summed E-state index contributed by atoms with van der Waals surface area (Å²) in [6, 6.07) is 10.4. The first-order valence-electron chi connectivity index (χ1n) is 7.17.